The SMILES string of the molecule is CCOC(=O)c1cnc2c(c(C)nn2Cc2ccc(OC)nc2)c1Cl. The van der Waals surface area contributed by atoms with Crippen LogP contribution < -0.4 is 4.74 Å². The molecule has 0 radical (unpaired) electrons. The summed E-state index contributed by atoms with van der Waals surface area (Å²) in [5, 5.41) is 5.45. The van der Waals surface area contributed by atoms with Crippen LogP contribution in [0.2, 0.25) is 5.02 Å². The molecular weight excluding hydrogens is 344 g/mol. The average Bonchev–Trinajstić information content (AvgIpc) is 2.92. The third-order valence-corrected chi connectivity index (χ3v) is 4.10. The predicted octanol–water partition coefficient (Wildman–Crippen LogP) is 3.02. The molecule has 0 spiro atoms. The minimum Gasteiger partial charge on any atom is -0.481 e. The van der Waals surface area contributed by atoms with Gasteiger partial charge in [0.1, 0.15) is 0 Å². The maximum Gasteiger partial charge on any atom is 0.341 e. The average molecular weight is 361 g/mol. The van der Waals surface area contributed by atoms with E-state index in [0.29, 0.717) is 34.2 Å². The van der Waals surface area contributed by atoms with Gasteiger partial charge in [-0.15, -0.1) is 0 Å². The Morgan fingerprint density at radius 3 is 2.72 bits per heavy atom. The highest BCUT2D eigenvalue weighted by Crippen LogP contribution is 2.29. The molecule has 0 bridgehead atoms. The van der Waals surface area contributed by atoms with Gasteiger partial charge in [0, 0.05) is 18.5 Å². The molecular formula is C17H17ClN4O3. The van der Waals surface area contributed by atoms with Gasteiger partial charge in [0.05, 0.1) is 41.9 Å². The summed E-state index contributed by atoms with van der Waals surface area (Å²) in [5.74, 6) is 0.0545. The van der Waals surface area contributed by atoms with Gasteiger partial charge in [-0.25, -0.2) is 19.4 Å². The Hall–Kier alpha value is -2.67. The van der Waals surface area contributed by atoms with E-state index in [1.165, 1.54) is 6.20 Å². The van der Waals surface area contributed by atoms with Gasteiger partial charge in [-0.05, 0) is 19.4 Å². The van der Waals surface area contributed by atoms with E-state index >= 15 is 0 Å². The zero-order chi connectivity index (χ0) is 18.0. The molecule has 130 valence electrons. The smallest absolute Gasteiger partial charge is 0.341 e. The normalized spacial score (nSPS) is 10.9. The highest BCUT2D eigenvalue weighted by Gasteiger charge is 2.20. The highest BCUT2D eigenvalue weighted by molar-refractivity contribution is 6.38. The van der Waals surface area contributed by atoms with Gasteiger partial charge in [0.15, 0.2) is 5.65 Å². The van der Waals surface area contributed by atoms with Crippen molar-refractivity contribution < 1.29 is 14.3 Å². The van der Waals surface area contributed by atoms with E-state index in [9.17, 15) is 4.79 Å². The molecule has 0 saturated carbocycles. The van der Waals surface area contributed by atoms with Gasteiger partial charge in [-0.1, -0.05) is 17.7 Å². The Morgan fingerprint density at radius 1 is 1.28 bits per heavy atom. The van der Waals surface area contributed by atoms with Crippen LogP contribution >= 0.6 is 11.6 Å². The maximum absolute atomic E-state index is 12.0. The van der Waals surface area contributed by atoms with E-state index in [0.717, 1.165) is 5.56 Å². The Morgan fingerprint density at radius 2 is 2.08 bits per heavy atom. The fourth-order valence-corrected chi connectivity index (χ4v) is 2.88. The Kier molecular flexibility index (Phi) is 4.85. The summed E-state index contributed by atoms with van der Waals surface area (Å²) in [5.41, 5.74) is 2.48. The lowest BCUT2D eigenvalue weighted by Crippen LogP contribution is -2.07. The van der Waals surface area contributed by atoms with Crippen molar-refractivity contribution in [3.8, 4) is 5.88 Å². The lowest BCUT2D eigenvalue weighted by molar-refractivity contribution is 0.0526. The van der Waals surface area contributed by atoms with Crippen LogP contribution in [0.3, 0.4) is 0 Å². The molecule has 0 unspecified atom stereocenters. The molecule has 3 aromatic heterocycles. The van der Waals surface area contributed by atoms with Crippen LogP contribution in [0.5, 0.6) is 5.88 Å². The summed E-state index contributed by atoms with van der Waals surface area (Å²) < 4.78 is 11.8. The summed E-state index contributed by atoms with van der Waals surface area (Å²) >= 11 is 6.41. The van der Waals surface area contributed by atoms with Gasteiger partial charge in [0.2, 0.25) is 5.88 Å². The van der Waals surface area contributed by atoms with Crippen molar-refractivity contribution in [2.45, 2.75) is 20.4 Å². The van der Waals surface area contributed by atoms with Crippen molar-refractivity contribution in [2.75, 3.05) is 13.7 Å². The Bertz CT molecular complexity index is 922. The van der Waals surface area contributed by atoms with E-state index in [4.69, 9.17) is 21.1 Å². The Labute approximate surface area is 149 Å². The predicted molar refractivity (Wildman–Crippen MR) is 93.1 cm³/mol. The number of hydrogen-bond donors (Lipinski definition) is 0. The number of halogens is 1. The van der Waals surface area contributed by atoms with Crippen molar-refractivity contribution in [1.29, 1.82) is 0 Å². The lowest BCUT2D eigenvalue weighted by Gasteiger charge is -2.06. The van der Waals surface area contributed by atoms with Crippen LogP contribution in [-0.2, 0) is 11.3 Å². The quantitative estimate of drug-likeness (QED) is 0.651. The van der Waals surface area contributed by atoms with Crippen LogP contribution in [0.15, 0.2) is 24.5 Å². The summed E-state index contributed by atoms with van der Waals surface area (Å²) in [6, 6.07) is 3.69. The monoisotopic (exact) mass is 360 g/mol. The first kappa shape index (κ1) is 17.2. The summed E-state index contributed by atoms with van der Waals surface area (Å²) in [6.45, 7) is 4.32. The molecule has 0 N–H and O–H groups in total. The van der Waals surface area contributed by atoms with Gasteiger partial charge in [-0.2, -0.15) is 5.10 Å². The number of nitrogens with zero attached hydrogens (tertiary/aromatic N) is 4. The molecule has 0 aromatic carbocycles. The number of methoxy groups -OCH3 is 1. The molecule has 0 saturated heterocycles. The van der Waals surface area contributed by atoms with Crippen molar-refractivity contribution in [2.24, 2.45) is 0 Å². The third-order valence-electron chi connectivity index (χ3n) is 3.71. The number of hydrogen-bond acceptors (Lipinski definition) is 6. The van der Waals surface area contributed by atoms with Crippen molar-refractivity contribution >= 4 is 28.6 Å². The first-order valence-electron chi connectivity index (χ1n) is 7.72. The number of ether oxygens (including phenoxy) is 2. The third kappa shape index (κ3) is 3.28. The summed E-state index contributed by atoms with van der Waals surface area (Å²) in [4.78, 5) is 20.5. The second kappa shape index (κ2) is 7.06. The number of pyridine rings is 2. The number of aromatic nitrogens is 4. The topological polar surface area (TPSA) is 79.1 Å². The maximum atomic E-state index is 12.0. The lowest BCUT2D eigenvalue weighted by atomic mass is 10.2. The van der Waals surface area contributed by atoms with Crippen molar-refractivity contribution in [3.63, 3.8) is 0 Å². The Balaban J connectivity index is 2.00. The number of rotatable bonds is 5. The first-order chi connectivity index (χ1) is 12.0. The molecule has 0 fully saturated rings. The van der Waals surface area contributed by atoms with Crippen LogP contribution in [0.4, 0.5) is 0 Å². The van der Waals surface area contributed by atoms with E-state index in [1.807, 2.05) is 13.0 Å². The summed E-state index contributed by atoms with van der Waals surface area (Å²) in [6.07, 6.45) is 3.14. The van der Waals surface area contributed by atoms with E-state index in [2.05, 4.69) is 15.1 Å². The van der Waals surface area contributed by atoms with Crippen molar-refractivity contribution in [3.05, 3.63) is 46.4 Å². The van der Waals surface area contributed by atoms with E-state index < -0.39 is 5.97 Å². The molecule has 3 aromatic rings. The summed E-state index contributed by atoms with van der Waals surface area (Å²) in [7, 11) is 1.57. The first-order valence-corrected chi connectivity index (χ1v) is 8.10. The number of carbonyl (C=O) groups excluding carboxylic acids is 1. The fraction of sp³-hybridized carbons (Fsp3) is 0.294. The standard InChI is InChI=1S/C17H17ClN4O3/c1-4-25-17(23)12-8-20-16-14(15(12)18)10(2)21-22(16)9-11-5-6-13(24-3)19-7-11/h5-8H,4,9H2,1-3H3. The number of aryl methyl sites for hydroxylation is 1. The minimum atomic E-state index is -0.492. The molecule has 0 aliphatic carbocycles. The zero-order valence-corrected chi connectivity index (χ0v) is 14.9. The van der Waals surface area contributed by atoms with Crippen LogP contribution in [0, 0.1) is 6.92 Å². The number of fused-ring (bicyclic) bond motifs is 1. The second-order valence-corrected chi connectivity index (χ2v) is 5.73. The molecule has 8 heteroatoms. The largest absolute Gasteiger partial charge is 0.481 e. The minimum absolute atomic E-state index is 0.241. The van der Waals surface area contributed by atoms with Gasteiger partial charge in [-0.3, -0.25) is 0 Å². The molecule has 0 aliphatic heterocycles. The van der Waals surface area contributed by atoms with Crippen molar-refractivity contribution in [1.82, 2.24) is 19.7 Å². The van der Waals surface area contributed by atoms with Crippen LogP contribution in [0.25, 0.3) is 11.0 Å². The van der Waals surface area contributed by atoms with Gasteiger partial charge in [0.25, 0.3) is 0 Å². The number of esters is 1. The molecule has 3 heterocycles. The molecule has 25 heavy (non-hydrogen) atoms. The zero-order valence-electron chi connectivity index (χ0n) is 14.1. The number of carbonyl (C=O) groups is 1. The van der Waals surface area contributed by atoms with E-state index in [-0.39, 0.29) is 12.2 Å². The van der Waals surface area contributed by atoms with Crippen LogP contribution in [0.1, 0.15) is 28.5 Å². The molecule has 0 aliphatic rings. The molecule has 7 nitrogen and oxygen atoms in total. The van der Waals surface area contributed by atoms with Crippen LogP contribution in [-0.4, -0.2) is 39.4 Å². The van der Waals surface area contributed by atoms with Gasteiger partial charge >= 0.3 is 5.97 Å². The molecule has 0 atom stereocenters. The highest BCUT2D eigenvalue weighted by atomic mass is 35.5. The second-order valence-electron chi connectivity index (χ2n) is 5.36. The van der Waals surface area contributed by atoms with E-state index in [1.54, 1.807) is 31.0 Å². The molecule has 3 rings (SSSR count). The molecule has 0 amide bonds. The fourth-order valence-electron chi connectivity index (χ4n) is 2.53. The van der Waals surface area contributed by atoms with Gasteiger partial charge < -0.3 is 9.47 Å².